The van der Waals surface area contributed by atoms with Crippen molar-refractivity contribution in [2.45, 2.75) is 26.3 Å². The van der Waals surface area contributed by atoms with Gasteiger partial charge in [-0.3, -0.25) is 9.59 Å². The van der Waals surface area contributed by atoms with E-state index in [-0.39, 0.29) is 5.91 Å². The van der Waals surface area contributed by atoms with E-state index in [0.717, 1.165) is 24.0 Å². The van der Waals surface area contributed by atoms with Gasteiger partial charge >= 0.3 is 0 Å². The molecule has 4 nitrogen and oxygen atoms in total. The quantitative estimate of drug-likeness (QED) is 0.788. The van der Waals surface area contributed by atoms with Gasteiger partial charge in [0, 0.05) is 25.2 Å². The molecular weight excluding hydrogens is 312 g/mol. The maximum atomic E-state index is 12.3. The van der Waals surface area contributed by atoms with Crippen LogP contribution in [-0.4, -0.2) is 23.8 Å². The minimum atomic E-state index is -0.465. The van der Waals surface area contributed by atoms with E-state index < -0.39 is 5.91 Å². The molecule has 0 aliphatic heterocycles. The van der Waals surface area contributed by atoms with E-state index in [1.807, 2.05) is 31.2 Å². The Morgan fingerprint density at radius 3 is 2.40 bits per heavy atom. The number of rotatable bonds is 7. The Labute approximate surface area is 149 Å². The number of primary amides is 1. The zero-order valence-corrected chi connectivity index (χ0v) is 14.7. The molecule has 0 aromatic heterocycles. The zero-order valence-electron chi connectivity index (χ0n) is 14.7. The molecule has 0 atom stereocenters. The highest BCUT2D eigenvalue weighted by molar-refractivity contribution is 5.93. The first-order chi connectivity index (χ1) is 12.0. The molecule has 0 radical (unpaired) electrons. The van der Waals surface area contributed by atoms with E-state index >= 15 is 0 Å². The molecule has 0 aliphatic rings. The molecule has 2 aromatic rings. The van der Waals surface area contributed by atoms with Gasteiger partial charge in [0.2, 0.25) is 11.8 Å². The van der Waals surface area contributed by atoms with Crippen LogP contribution in [0.2, 0.25) is 0 Å². The van der Waals surface area contributed by atoms with Crippen LogP contribution in [0.1, 0.15) is 34.8 Å². The number of hydrogen-bond acceptors (Lipinski definition) is 2. The summed E-state index contributed by atoms with van der Waals surface area (Å²) in [5, 5.41) is 0. The second kappa shape index (κ2) is 8.83. The predicted octanol–water partition coefficient (Wildman–Crippen LogP) is 3.32. The molecule has 0 saturated carbocycles. The summed E-state index contributed by atoms with van der Waals surface area (Å²) >= 11 is 0. The van der Waals surface area contributed by atoms with Gasteiger partial charge in [-0.05, 0) is 43.0 Å². The van der Waals surface area contributed by atoms with Gasteiger partial charge in [0.1, 0.15) is 0 Å². The fourth-order valence-electron chi connectivity index (χ4n) is 2.55. The molecule has 2 aromatic carbocycles. The molecule has 0 unspecified atom stereocenters. The van der Waals surface area contributed by atoms with E-state index in [1.54, 1.807) is 36.2 Å². The van der Waals surface area contributed by atoms with Crippen molar-refractivity contribution in [1.29, 1.82) is 0 Å². The first kappa shape index (κ1) is 18.5. The summed E-state index contributed by atoms with van der Waals surface area (Å²) in [6, 6.07) is 17.3. The third kappa shape index (κ3) is 5.92. The van der Waals surface area contributed by atoms with Crippen molar-refractivity contribution in [3.8, 4) is 0 Å². The number of nitrogens with two attached hydrogens (primary N) is 1. The average Bonchev–Trinajstić information content (AvgIpc) is 2.61. The minimum Gasteiger partial charge on any atom is -0.366 e. The smallest absolute Gasteiger partial charge is 0.248 e. The van der Waals surface area contributed by atoms with Crippen molar-refractivity contribution in [3.63, 3.8) is 0 Å². The molecule has 130 valence electrons. The Kier molecular flexibility index (Phi) is 6.52. The van der Waals surface area contributed by atoms with Crippen LogP contribution in [-0.2, 0) is 17.8 Å². The third-order valence-electron chi connectivity index (χ3n) is 4.03. The van der Waals surface area contributed by atoms with Crippen molar-refractivity contribution in [2.24, 2.45) is 5.73 Å². The first-order valence-corrected chi connectivity index (χ1v) is 8.30. The number of carbonyl (C=O) groups is 2. The minimum absolute atomic E-state index is 0.0463. The van der Waals surface area contributed by atoms with Gasteiger partial charge in [-0.2, -0.15) is 0 Å². The lowest BCUT2D eigenvalue weighted by Crippen LogP contribution is -2.24. The van der Waals surface area contributed by atoms with Gasteiger partial charge in [0.25, 0.3) is 0 Å². The lowest BCUT2D eigenvalue weighted by Gasteiger charge is -2.16. The van der Waals surface area contributed by atoms with Crippen LogP contribution in [0, 0.1) is 0 Å². The maximum Gasteiger partial charge on any atom is 0.248 e. The van der Waals surface area contributed by atoms with Crippen LogP contribution < -0.4 is 5.73 Å². The number of nitrogens with zero attached hydrogens (tertiary/aromatic N) is 1. The molecule has 2 N–H and O–H groups in total. The van der Waals surface area contributed by atoms with Gasteiger partial charge in [0.15, 0.2) is 0 Å². The van der Waals surface area contributed by atoms with Crippen LogP contribution in [0.3, 0.4) is 0 Å². The van der Waals surface area contributed by atoms with Crippen molar-refractivity contribution < 1.29 is 9.59 Å². The zero-order chi connectivity index (χ0) is 18.2. The Balaban J connectivity index is 1.92. The van der Waals surface area contributed by atoms with Crippen molar-refractivity contribution in [1.82, 2.24) is 4.90 Å². The Morgan fingerprint density at radius 2 is 1.72 bits per heavy atom. The lowest BCUT2D eigenvalue weighted by atomic mass is 10.1. The summed E-state index contributed by atoms with van der Waals surface area (Å²) in [4.78, 5) is 25.2. The topological polar surface area (TPSA) is 63.4 Å². The highest BCUT2D eigenvalue weighted by atomic mass is 16.2. The summed E-state index contributed by atoms with van der Waals surface area (Å²) in [6.07, 6.45) is 3.45. The lowest BCUT2D eigenvalue weighted by molar-refractivity contribution is -0.125. The Morgan fingerprint density at radius 1 is 1.04 bits per heavy atom. The van der Waals surface area contributed by atoms with E-state index in [1.165, 1.54) is 5.56 Å². The number of allylic oxidation sites excluding steroid dienone is 1. The highest BCUT2D eigenvalue weighted by Gasteiger charge is 2.09. The highest BCUT2D eigenvalue weighted by Crippen LogP contribution is 2.11. The first-order valence-electron chi connectivity index (χ1n) is 8.30. The number of likely N-dealkylation sites (N-methyl/N-ethyl adjacent to an activating group) is 1. The summed E-state index contributed by atoms with van der Waals surface area (Å²) in [5.74, 6) is -0.512. The third-order valence-corrected chi connectivity index (χ3v) is 4.03. The molecule has 4 heteroatoms. The second-order valence-corrected chi connectivity index (χ2v) is 6.24. The van der Waals surface area contributed by atoms with E-state index in [9.17, 15) is 9.59 Å². The summed E-state index contributed by atoms with van der Waals surface area (Å²) in [6.45, 7) is 2.41. The number of carbonyl (C=O) groups excluding carboxylic acids is 2. The van der Waals surface area contributed by atoms with Gasteiger partial charge in [-0.25, -0.2) is 0 Å². The van der Waals surface area contributed by atoms with Gasteiger partial charge in [-0.15, -0.1) is 0 Å². The molecule has 0 bridgehead atoms. The van der Waals surface area contributed by atoms with E-state index in [4.69, 9.17) is 5.73 Å². The van der Waals surface area contributed by atoms with E-state index in [2.05, 4.69) is 12.1 Å². The fraction of sp³-hybridized carbons (Fsp3) is 0.238. The van der Waals surface area contributed by atoms with Crippen LogP contribution in [0.15, 0.2) is 66.2 Å². The van der Waals surface area contributed by atoms with Crippen LogP contribution in [0.25, 0.3) is 0 Å². The van der Waals surface area contributed by atoms with Gasteiger partial charge in [0.05, 0.1) is 0 Å². The number of hydrogen-bond donors (Lipinski definition) is 1. The number of amides is 2. The summed E-state index contributed by atoms with van der Waals surface area (Å²) in [5.41, 5.74) is 8.93. The van der Waals surface area contributed by atoms with E-state index in [0.29, 0.717) is 12.1 Å². The van der Waals surface area contributed by atoms with Crippen molar-refractivity contribution in [2.75, 3.05) is 7.05 Å². The molecule has 0 spiro atoms. The molecule has 2 amide bonds. The van der Waals surface area contributed by atoms with Crippen LogP contribution >= 0.6 is 0 Å². The molecule has 0 fully saturated rings. The molecular formula is C21H24N2O2. The molecule has 0 heterocycles. The molecule has 0 saturated heterocycles. The second-order valence-electron chi connectivity index (χ2n) is 6.24. The largest absolute Gasteiger partial charge is 0.366 e. The Hall–Kier alpha value is -2.88. The van der Waals surface area contributed by atoms with Crippen molar-refractivity contribution in [3.05, 3.63) is 82.9 Å². The SMILES string of the molecule is CC(=CC(=O)N(C)Cc1cccc(C(N)=O)c1)CCc1ccccc1. The molecule has 0 aliphatic carbocycles. The van der Waals surface area contributed by atoms with Crippen LogP contribution in [0.5, 0.6) is 0 Å². The molecule has 25 heavy (non-hydrogen) atoms. The maximum absolute atomic E-state index is 12.3. The monoisotopic (exact) mass is 336 g/mol. The van der Waals surface area contributed by atoms with Gasteiger partial charge < -0.3 is 10.6 Å². The molecule has 2 rings (SSSR count). The van der Waals surface area contributed by atoms with Crippen molar-refractivity contribution >= 4 is 11.8 Å². The number of aryl methyl sites for hydroxylation is 1. The number of benzene rings is 2. The predicted molar refractivity (Wildman–Crippen MR) is 100.0 cm³/mol. The normalized spacial score (nSPS) is 11.2. The van der Waals surface area contributed by atoms with Crippen LogP contribution in [0.4, 0.5) is 0 Å². The Bertz CT molecular complexity index is 766. The standard InChI is InChI=1S/C21H24N2O2/c1-16(11-12-17-7-4-3-5-8-17)13-20(24)23(2)15-18-9-6-10-19(14-18)21(22)25/h3-10,13-14H,11-12,15H2,1-2H3,(H2,22,25). The van der Waals surface area contributed by atoms with Gasteiger partial charge in [-0.1, -0.05) is 48.0 Å². The fourth-order valence-corrected chi connectivity index (χ4v) is 2.55. The average molecular weight is 336 g/mol. The summed E-state index contributed by atoms with van der Waals surface area (Å²) in [7, 11) is 1.75. The summed E-state index contributed by atoms with van der Waals surface area (Å²) < 4.78 is 0.